The van der Waals surface area contributed by atoms with Crippen molar-refractivity contribution in [2.24, 2.45) is 17.3 Å². The van der Waals surface area contributed by atoms with Crippen LogP contribution in [0.4, 0.5) is 0 Å². The van der Waals surface area contributed by atoms with E-state index in [1.165, 1.54) is 35.1 Å². The van der Waals surface area contributed by atoms with Gasteiger partial charge in [-0.2, -0.15) is 0 Å². The highest BCUT2D eigenvalue weighted by Gasteiger charge is 2.58. The molecule has 3 nitrogen and oxygen atoms in total. The van der Waals surface area contributed by atoms with Crippen molar-refractivity contribution < 1.29 is 14.2 Å². The van der Waals surface area contributed by atoms with Crippen LogP contribution in [0.15, 0.2) is 0 Å². The van der Waals surface area contributed by atoms with E-state index < -0.39 is 20.1 Å². The molecule has 0 radical (unpaired) electrons. The monoisotopic (exact) mass is 296 g/mol. The van der Waals surface area contributed by atoms with Crippen LogP contribution in [0.1, 0.15) is 40.0 Å². The Kier molecular flexibility index (Phi) is 4.51. The van der Waals surface area contributed by atoms with E-state index in [0.29, 0.717) is 5.92 Å². The smallest absolute Gasteiger partial charge is 0.286 e. The zero-order valence-electron chi connectivity index (χ0n) is 13.3. The standard InChI is InChI=1S/C12H19O3.2C2H5.Al/c1-3-9-4-5-10(9)12-13-6-11(2,7-14-12)8-15-12;2*1-2;/h9-10H,1,3-8H2,2H3;2*1H2,2H3;. The summed E-state index contributed by atoms with van der Waals surface area (Å²) in [6, 6.07) is 0. The van der Waals surface area contributed by atoms with Gasteiger partial charge in [0.1, 0.15) is 0 Å². The van der Waals surface area contributed by atoms with E-state index in [0.717, 1.165) is 25.7 Å². The molecule has 3 aliphatic heterocycles. The lowest BCUT2D eigenvalue weighted by Crippen LogP contribution is -2.64. The van der Waals surface area contributed by atoms with Crippen molar-refractivity contribution in [3.05, 3.63) is 0 Å². The third-order valence-electron chi connectivity index (χ3n) is 5.84. The Balaban J connectivity index is 1.55. The summed E-state index contributed by atoms with van der Waals surface area (Å²) in [6.07, 6.45) is 3.93. The van der Waals surface area contributed by atoms with E-state index in [1.807, 2.05) is 0 Å². The van der Waals surface area contributed by atoms with E-state index in [-0.39, 0.29) is 5.41 Å². The predicted molar refractivity (Wildman–Crippen MR) is 81.0 cm³/mol. The molecule has 4 heteroatoms. The topological polar surface area (TPSA) is 27.7 Å². The van der Waals surface area contributed by atoms with Crippen LogP contribution in [-0.4, -0.2) is 39.9 Å². The highest BCUT2D eigenvalue weighted by Crippen LogP contribution is 2.52. The van der Waals surface area contributed by atoms with Crippen LogP contribution in [0.2, 0.25) is 15.8 Å². The Morgan fingerprint density at radius 3 is 2.05 bits per heavy atom. The molecule has 4 fully saturated rings. The van der Waals surface area contributed by atoms with E-state index >= 15 is 0 Å². The molecule has 20 heavy (non-hydrogen) atoms. The SMILES string of the molecule is C[CH2][Al]([CH2]C)[CH2]CC1CCC1C12OCC(C)(CO1)CO2. The first-order chi connectivity index (χ1) is 9.61. The molecular formula is C16H29AlO3. The molecule has 0 aromatic heterocycles. The highest BCUT2D eigenvalue weighted by atomic mass is 27.2. The molecule has 4 aliphatic rings. The molecule has 2 bridgehead atoms. The van der Waals surface area contributed by atoms with Crippen LogP contribution < -0.4 is 0 Å². The molecule has 0 aromatic rings. The van der Waals surface area contributed by atoms with Crippen molar-refractivity contribution in [3.8, 4) is 0 Å². The van der Waals surface area contributed by atoms with E-state index in [2.05, 4.69) is 20.8 Å². The lowest BCUT2D eigenvalue weighted by molar-refractivity contribution is -0.494. The summed E-state index contributed by atoms with van der Waals surface area (Å²) < 4.78 is 18.1. The summed E-state index contributed by atoms with van der Waals surface area (Å²) in [7, 11) is 0. The Morgan fingerprint density at radius 1 is 1.00 bits per heavy atom. The highest BCUT2D eigenvalue weighted by molar-refractivity contribution is 6.58. The maximum absolute atomic E-state index is 6.03. The fourth-order valence-electron chi connectivity index (χ4n) is 3.92. The van der Waals surface area contributed by atoms with E-state index in [4.69, 9.17) is 14.2 Å². The van der Waals surface area contributed by atoms with Crippen molar-refractivity contribution in [1.29, 1.82) is 0 Å². The fraction of sp³-hybridized carbons (Fsp3) is 1.00. The second-order valence-corrected chi connectivity index (χ2v) is 11.4. The second-order valence-electron chi connectivity index (χ2n) is 7.48. The molecule has 114 valence electrons. The van der Waals surface area contributed by atoms with Crippen molar-refractivity contribution >= 4 is 14.1 Å². The molecule has 2 unspecified atom stereocenters. The molecule has 3 heterocycles. The average Bonchev–Trinajstić information content (AvgIpc) is 2.44. The summed E-state index contributed by atoms with van der Waals surface area (Å²) in [5.41, 5.74) is 0.0867. The van der Waals surface area contributed by atoms with Crippen LogP contribution >= 0.6 is 0 Å². The number of fused-ring (bicyclic) bond motifs is 3. The largest absolute Gasteiger partial charge is 0.326 e. The van der Waals surface area contributed by atoms with Gasteiger partial charge in [-0.25, -0.2) is 0 Å². The summed E-state index contributed by atoms with van der Waals surface area (Å²) >= 11 is -0.453. The van der Waals surface area contributed by atoms with Gasteiger partial charge in [0.15, 0.2) is 0 Å². The van der Waals surface area contributed by atoms with Gasteiger partial charge in [-0.1, -0.05) is 43.0 Å². The van der Waals surface area contributed by atoms with Gasteiger partial charge in [-0.05, 0) is 18.8 Å². The van der Waals surface area contributed by atoms with Crippen molar-refractivity contribution in [2.45, 2.75) is 61.9 Å². The van der Waals surface area contributed by atoms with Crippen LogP contribution in [-0.2, 0) is 14.2 Å². The molecular weight excluding hydrogens is 267 g/mol. The molecule has 0 N–H and O–H groups in total. The first-order valence-electron chi connectivity index (χ1n) is 8.52. The minimum Gasteiger partial charge on any atom is -0.326 e. The van der Waals surface area contributed by atoms with Gasteiger partial charge in [0.25, 0.3) is 20.1 Å². The summed E-state index contributed by atoms with van der Waals surface area (Å²) in [6.45, 7) is 9.34. The normalized spacial score (nSPS) is 43.4. The zero-order chi connectivity index (χ0) is 14.2. The van der Waals surface area contributed by atoms with Gasteiger partial charge in [-0.3, -0.25) is 0 Å². The maximum Gasteiger partial charge on any atom is 0.286 e. The molecule has 0 spiro atoms. The second kappa shape index (κ2) is 5.90. The summed E-state index contributed by atoms with van der Waals surface area (Å²) in [4.78, 5) is 0. The van der Waals surface area contributed by atoms with Gasteiger partial charge >= 0.3 is 0 Å². The van der Waals surface area contributed by atoms with Gasteiger partial charge in [0, 0.05) is 11.3 Å². The van der Waals surface area contributed by atoms with Crippen molar-refractivity contribution in [3.63, 3.8) is 0 Å². The Bertz CT molecular complexity index is 318. The molecule has 4 rings (SSSR count). The van der Waals surface area contributed by atoms with Gasteiger partial charge < -0.3 is 14.2 Å². The van der Waals surface area contributed by atoms with Crippen LogP contribution in [0.5, 0.6) is 0 Å². The fourth-order valence-corrected chi connectivity index (χ4v) is 6.22. The number of hydrogen-bond donors (Lipinski definition) is 0. The third kappa shape index (κ3) is 2.71. The van der Waals surface area contributed by atoms with Crippen LogP contribution in [0.25, 0.3) is 0 Å². The molecule has 3 saturated heterocycles. The average molecular weight is 296 g/mol. The van der Waals surface area contributed by atoms with Crippen molar-refractivity contribution in [1.82, 2.24) is 0 Å². The van der Waals surface area contributed by atoms with E-state index in [9.17, 15) is 0 Å². The molecule has 1 saturated carbocycles. The molecule has 1 aliphatic carbocycles. The lowest BCUT2D eigenvalue weighted by atomic mass is 9.69. The van der Waals surface area contributed by atoms with E-state index in [1.54, 1.807) is 0 Å². The van der Waals surface area contributed by atoms with Crippen LogP contribution in [0, 0.1) is 17.3 Å². The lowest BCUT2D eigenvalue weighted by Gasteiger charge is -2.57. The van der Waals surface area contributed by atoms with Crippen molar-refractivity contribution in [2.75, 3.05) is 19.8 Å². The Labute approximate surface area is 127 Å². The quantitative estimate of drug-likeness (QED) is 0.700. The first kappa shape index (κ1) is 15.3. The molecule has 0 amide bonds. The predicted octanol–water partition coefficient (Wildman–Crippen LogP) is 3.67. The van der Waals surface area contributed by atoms with Gasteiger partial charge in [-0.15, -0.1) is 0 Å². The third-order valence-corrected chi connectivity index (χ3v) is 9.30. The Morgan fingerprint density at radius 2 is 1.60 bits per heavy atom. The number of hydrogen-bond acceptors (Lipinski definition) is 3. The molecule has 2 atom stereocenters. The summed E-state index contributed by atoms with van der Waals surface area (Å²) in [5, 5.41) is 4.38. The van der Waals surface area contributed by atoms with Crippen LogP contribution in [0.3, 0.4) is 0 Å². The number of ether oxygens (including phenoxy) is 3. The number of rotatable bonds is 6. The minimum atomic E-state index is -0.670. The molecule has 0 aromatic carbocycles. The Hall–Kier alpha value is 0.412. The first-order valence-corrected chi connectivity index (χ1v) is 11.0. The minimum absolute atomic E-state index is 0.0867. The summed E-state index contributed by atoms with van der Waals surface area (Å²) in [5.74, 6) is 0.581. The maximum atomic E-state index is 6.03. The van der Waals surface area contributed by atoms with Gasteiger partial charge in [0.2, 0.25) is 0 Å². The van der Waals surface area contributed by atoms with Gasteiger partial charge in [0.05, 0.1) is 19.8 Å². The zero-order valence-corrected chi connectivity index (χ0v) is 14.5.